The Balaban J connectivity index is 2.08. The molecule has 0 aliphatic heterocycles. The summed E-state index contributed by atoms with van der Waals surface area (Å²) in [5.74, 6) is 1.31. The summed E-state index contributed by atoms with van der Waals surface area (Å²) in [6, 6.07) is 5.09. The van der Waals surface area contributed by atoms with E-state index in [-0.39, 0.29) is 6.42 Å². The van der Waals surface area contributed by atoms with Gasteiger partial charge in [-0.25, -0.2) is 0 Å². The highest BCUT2D eigenvalue weighted by Crippen LogP contribution is 2.29. The van der Waals surface area contributed by atoms with Gasteiger partial charge < -0.3 is 4.52 Å². The molecule has 0 aliphatic rings. The molecular weight excluding hydrogens is 293 g/mol. The molecule has 1 heterocycles. The zero-order valence-corrected chi connectivity index (χ0v) is 11.2. The predicted molar refractivity (Wildman–Crippen MR) is 67.6 cm³/mol. The van der Waals surface area contributed by atoms with E-state index < -0.39 is 11.7 Å². The summed E-state index contributed by atoms with van der Waals surface area (Å²) < 4.78 is 42.8. The normalized spacial score (nSPS) is 11.8. The fourth-order valence-electron chi connectivity index (χ4n) is 1.72. The number of alkyl halides is 4. The van der Waals surface area contributed by atoms with Gasteiger partial charge in [0.1, 0.15) is 0 Å². The zero-order chi connectivity index (χ0) is 14.6. The average molecular weight is 305 g/mol. The van der Waals surface area contributed by atoms with Crippen molar-refractivity contribution in [3.63, 3.8) is 0 Å². The van der Waals surface area contributed by atoms with Crippen molar-refractivity contribution in [2.24, 2.45) is 0 Å². The number of benzene rings is 1. The van der Waals surface area contributed by atoms with Crippen molar-refractivity contribution in [1.29, 1.82) is 0 Å². The minimum Gasteiger partial charge on any atom is -0.339 e. The minimum absolute atomic E-state index is 0.203. The van der Waals surface area contributed by atoms with Gasteiger partial charge in [-0.05, 0) is 18.1 Å². The molecule has 0 spiro atoms. The van der Waals surface area contributed by atoms with Crippen LogP contribution in [-0.4, -0.2) is 16.0 Å². The van der Waals surface area contributed by atoms with E-state index in [0.717, 1.165) is 12.1 Å². The summed E-state index contributed by atoms with van der Waals surface area (Å²) in [7, 11) is 0. The molecule has 0 amide bonds. The lowest BCUT2D eigenvalue weighted by Gasteiger charge is -2.07. The molecule has 108 valence electrons. The van der Waals surface area contributed by atoms with E-state index in [4.69, 9.17) is 16.1 Å². The van der Waals surface area contributed by atoms with Crippen LogP contribution < -0.4 is 0 Å². The maximum Gasteiger partial charge on any atom is 0.416 e. The topological polar surface area (TPSA) is 38.9 Å². The van der Waals surface area contributed by atoms with Gasteiger partial charge in [-0.1, -0.05) is 23.4 Å². The number of aromatic nitrogens is 2. The fourth-order valence-corrected chi connectivity index (χ4v) is 1.86. The Bertz CT molecular complexity index is 569. The summed E-state index contributed by atoms with van der Waals surface area (Å²) in [5, 5.41) is 3.75. The third-order valence-electron chi connectivity index (χ3n) is 2.65. The minimum atomic E-state index is -4.35. The first-order valence-corrected chi connectivity index (χ1v) is 6.56. The van der Waals surface area contributed by atoms with E-state index in [0.29, 0.717) is 36.0 Å². The quantitative estimate of drug-likeness (QED) is 0.788. The number of halogens is 4. The Kier molecular flexibility index (Phi) is 4.65. The molecule has 0 atom stereocenters. The van der Waals surface area contributed by atoms with Crippen molar-refractivity contribution in [2.45, 2.75) is 25.4 Å². The van der Waals surface area contributed by atoms with Crippen LogP contribution >= 0.6 is 11.6 Å². The number of hydrogen-bond donors (Lipinski definition) is 0. The second kappa shape index (κ2) is 6.26. The molecule has 0 N–H and O–H groups in total. The summed E-state index contributed by atoms with van der Waals surface area (Å²) >= 11 is 5.55. The summed E-state index contributed by atoms with van der Waals surface area (Å²) in [4.78, 5) is 4.12. The molecule has 0 unspecified atom stereocenters. The van der Waals surface area contributed by atoms with Crippen LogP contribution in [0.5, 0.6) is 0 Å². The number of hydrogen-bond acceptors (Lipinski definition) is 3. The van der Waals surface area contributed by atoms with Gasteiger partial charge >= 0.3 is 6.18 Å². The van der Waals surface area contributed by atoms with Crippen molar-refractivity contribution in [2.75, 3.05) is 5.88 Å². The maximum atomic E-state index is 12.6. The second-order valence-corrected chi connectivity index (χ2v) is 4.65. The van der Waals surface area contributed by atoms with Crippen molar-refractivity contribution < 1.29 is 17.7 Å². The average Bonchev–Trinajstić information content (AvgIpc) is 2.83. The summed E-state index contributed by atoms with van der Waals surface area (Å²) in [5.41, 5.74) is -0.189. The smallest absolute Gasteiger partial charge is 0.339 e. The zero-order valence-electron chi connectivity index (χ0n) is 10.5. The molecule has 3 nitrogen and oxygen atoms in total. The summed E-state index contributed by atoms with van der Waals surface area (Å²) in [6.07, 6.45) is -2.86. The van der Waals surface area contributed by atoms with Crippen LogP contribution in [0.3, 0.4) is 0 Å². The number of nitrogens with zero attached hydrogens (tertiary/aromatic N) is 2. The lowest BCUT2D eigenvalue weighted by molar-refractivity contribution is -0.137. The highest BCUT2D eigenvalue weighted by molar-refractivity contribution is 6.17. The standard InChI is InChI=1S/C13H12ClF3N2O/c14-6-2-5-12-18-11(19-20-12)8-9-3-1-4-10(7-9)13(15,16)17/h1,3-4,7H,2,5-6,8H2. The van der Waals surface area contributed by atoms with Crippen LogP contribution in [0.2, 0.25) is 0 Å². The summed E-state index contributed by atoms with van der Waals surface area (Å²) in [6.45, 7) is 0. The molecule has 0 saturated heterocycles. The van der Waals surface area contributed by atoms with E-state index in [2.05, 4.69) is 10.1 Å². The van der Waals surface area contributed by atoms with Crippen LogP contribution in [0.15, 0.2) is 28.8 Å². The van der Waals surface area contributed by atoms with Crippen LogP contribution in [0, 0.1) is 0 Å². The maximum absolute atomic E-state index is 12.6. The highest BCUT2D eigenvalue weighted by atomic mass is 35.5. The monoisotopic (exact) mass is 304 g/mol. The Labute approximate surface area is 118 Å². The third kappa shape index (κ3) is 3.96. The van der Waals surface area contributed by atoms with Crippen molar-refractivity contribution in [3.8, 4) is 0 Å². The number of aryl methyl sites for hydroxylation is 1. The molecule has 0 aliphatic carbocycles. The van der Waals surface area contributed by atoms with E-state index in [1.807, 2.05) is 0 Å². The van der Waals surface area contributed by atoms with Gasteiger partial charge in [0.25, 0.3) is 0 Å². The second-order valence-electron chi connectivity index (χ2n) is 4.27. The Morgan fingerprint density at radius 1 is 1.25 bits per heavy atom. The van der Waals surface area contributed by atoms with E-state index >= 15 is 0 Å². The fraction of sp³-hybridized carbons (Fsp3) is 0.385. The van der Waals surface area contributed by atoms with Gasteiger partial charge in [-0.2, -0.15) is 18.2 Å². The van der Waals surface area contributed by atoms with Crippen LogP contribution in [0.1, 0.15) is 29.3 Å². The molecule has 20 heavy (non-hydrogen) atoms. The first-order valence-electron chi connectivity index (χ1n) is 6.02. The molecular formula is C13H12ClF3N2O. The van der Waals surface area contributed by atoms with Crippen molar-refractivity contribution >= 4 is 11.6 Å². The molecule has 1 aromatic heterocycles. The molecule has 0 radical (unpaired) electrons. The molecule has 2 rings (SSSR count). The molecule has 0 bridgehead atoms. The molecule has 7 heteroatoms. The van der Waals surface area contributed by atoms with Gasteiger partial charge in [-0.15, -0.1) is 11.6 Å². The van der Waals surface area contributed by atoms with Crippen molar-refractivity contribution in [3.05, 3.63) is 47.1 Å². The van der Waals surface area contributed by atoms with E-state index in [1.54, 1.807) is 6.07 Å². The van der Waals surface area contributed by atoms with Gasteiger partial charge in [0.05, 0.1) is 5.56 Å². The largest absolute Gasteiger partial charge is 0.416 e. The lowest BCUT2D eigenvalue weighted by atomic mass is 10.1. The van der Waals surface area contributed by atoms with Gasteiger partial charge in [0, 0.05) is 18.7 Å². The van der Waals surface area contributed by atoms with Crippen LogP contribution in [0.25, 0.3) is 0 Å². The van der Waals surface area contributed by atoms with E-state index in [9.17, 15) is 13.2 Å². The van der Waals surface area contributed by atoms with Crippen molar-refractivity contribution in [1.82, 2.24) is 10.1 Å². The van der Waals surface area contributed by atoms with Gasteiger partial charge in [-0.3, -0.25) is 0 Å². The van der Waals surface area contributed by atoms with E-state index in [1.165, 1.54) is 6.07 Å². The lowest BCUT2D eigenvalue weighted by Crippen LogP contribution is -2.05. The number of rotatable bonds is 5. The van der Waals surface area contributed by atoms with Gasteiger partial charge in [0.15, 0.2) is 5.82 Å². The Morgan fingerprint density at radius 2 is 2.05 bits per heavy atom. The first kappa shape index (κ1) is 14.8. The Hall–Kier alpha value is -1.56. The predicted octanol–water partition coefficient (Wildman–Crippen LogP) is 3.85. The van der Waals surface area contributed by atoms with Crippen LogP contribution in [-0.2, 0) is 19.0 Å². The highest BCUT2D eigenvalue weighted by Gasteiger charge is 2.30. The molecule has 0 saturated carbocycles. The van der Waals surface area contributed by atoms with Gasteiger partial charge in [0.2, 0.25) is 5.89 Å². The third-order valence-corrected chi connectivity index (χ3v) is 2.92. The SMILES string of the molecule is FC(F)(F)c1cccc(Cc2noc(CCCCl)n2)c1. The first-order chi connectivity index (χ1) is 9.49. The molecule has 2 aromatic rings. The molecule has 1 aromatic carbocycles. The molecule has 0 fully saturated rings. The van der Waals surface area contributed by atoms with Crippen LogP contribution in [0.4, 0.5) is 13.2 Å². The Morgan fingerprint density at radius 3 is 2.75 bits per heavy atom.